The van der Waals surface area contributed by atoms with Crippen LogP contribution in [0.15, 0.2) is 41.5 Å². The van der Waals surface area contributed by atoms with Crippen LogP contribution in [0.25, 0.3) is 0 Å². The van der Waals surface area contributed by atoms with Gasteiger partial charge in [-0.25, -0.2) is 18.8 Å². The van der Waals surface area contributed by atoms with Crippen molar-refractivity contribution in [3.8, 4) is 0 Å². The summed E-state index contributed by atoms with van der Waals surface area (Å²) in [5, 5.41) is 2.66. The van der Waals surface area contributed by atoms with E-state index in [0.29, 0.717) is 17.7 Å². The number of rotatable bonds is 3. The Morgan fingerprint density at radius 3 is 2.68 bits per heavy atom. The smallest absolute Gasteiger partial charge is 0.283 e. The van der Waals surface area contributed by atoms with Gasteiger partial charge in [-0.05, 0) is 56.5 Å². The van der Waals surface area contributed by atoms with Crippen molar-refractivity contribution in [2.75, 3.05) is 5.32 Å². The zero-order valence-electron chi connectivity index (χ0n) is 15.3. The van der Waals surface area contributed by atoms with Crippen molar-refractivity contribution in [1.82, 2.24) is 4.98 Å². The molecule has 4 rings (SSSR count). The fraction of sp³-hybridized carbons (Fsp3) is 0.350. The van der Waals surface area contributed by atoms with Gasteiger partial charge in [-0.3, -0.25) is 4.79 Å². The predicted molar refractivity (Wildman–Crippen MR) is 99.8 cm³/mol. The number of benzene rings is 1. The molecule has 1 fully saturated rings. The molecule has 2 aromatic rings. The SMILES string of the molecule is C[C@@]1(c2cc(NC(=O)c3ccc(F)cn3)ccc2F)CC2(CCC2)OC(N)=N1. The van der Waals surface area contributed by atoms with Crippen LogP contribution in [0.2, 0.25) is 0 Å². The van der Waals surface area contributed by atoms with Crippen molar-refractivity contribution in [3.63, 3.8) is 0 Å². The van der Waals surface area contributed by atoms with Crippen LogP contribution in [0.1, 0.15) is 48.7 Å². The quantitative estimate of drug-likeness (QED) is 0.845. The Labute approximate surface area is 160 Å². The molecule has 1 amide bonds. The van der Waals surface area contributed by atoms with E-state index in [0.717, 1.165) is 31.5 Å². The topological polar surface area (TPSA) is 89.6 Å². The fourth-order valence-corrected chi connectivity index (χ4v) is 3.92. The molecule has 1 atom stereocenters. The van der Waals surface area contributed by atoms with Gasteiger partial charge in [0.15, 0.2) is 0 Å². The van der Waals surface area contributed by atoms with E-state index in [1.54, 1.807) is 6.07 Å². The molecule has 1 aliphatic heterocycles. The minimum absolute atomic E-state index is 0.0535. The number of hydrogen-bond acceptors (Lipinski definition) is 5. The lowest BCUT2D eigenvalue weighted by molar-refractivity contribution is -0.0583. The van der Waals surface area contributed by atoms with Crippen molar-refractivity contribution >= 4 is 17.6 Å². The van der Waals surface area contributed by atoms with Crippen LogP contribution in [-0.2, 0) is 10.3 Å². The molecule has 1 spiro atoms. The molecule has 1 aromatic carbocycles. The molecule has 146 valence electrons. The van der Waals surface area contributed by atoms with Crippen molar-refractivity contribution < 1.29 is 18.3 Å². The number of carbonyl (C=O) groups is 1. The summed E-state index contributed by atoms with van der Waals surface area (Å²) in [7, 11) is 0. The predicted octanol–water partition coefficient (Wildman–Crippen LogP) is 3.49. The van der Waals surface area contributed by atoms with Gasteiger partial charge in [0.2, 0.25) is 0 Å². The van der Waals surface area contributed by atoms with Crippen LogP contribution in [0.5, 0.6) is 0 Å². The van der Waals surface area contributed by atoms with Gasteiger partial charge in [-0.2, -0.15) is 0 Å². The first-order chi connectivity index (χ1) is 13.3. The number of halogens is 2. The van der Waals surface area contributed by atoms with Crippen LogP contribution in [0.4, 0.5) is 14.5 Å². The third-order valence-electron chi connectivity index (χ3n) is 5.37. The number of hydrogen-bond donors (Lipinski definition) is 2. The summed E-state index contributed by atoms with van der Waals surface area (Å²) < 4.78 is 33.4. The second-order valence-corrected chi connectivity index (χ2v) is 7.55. The molecule has 0 unspecified atom stereocenters. The highest BCUT2D eigenvalue weighted by Crippen LogP contribution is 2.49. The molecular weight excluding hydrogens is 366 g/mol. The van der Waals surface area contributed by atoms with E-state index in [9.17, 15) is 13.6 Å². The van der Waals surface area contributed by atoms with Crippen molar-refractivity contribution in [1.29, 1.82) is 0 Å². The third-order valence-corrected chi connectivity index (χ3v) is 5.37. The van der Waals surface area contributed by atoms with Gasteiger partial charge in [0.25, 0.3) is 11.9 Å². The maximum Gasteiger partial charge on any atom is 0.283 e. The van der Waals surface area contributed by atoms with E-state index in [-0.39, 0.29) is 11.7 Å². The number of nitrogens with two attached hydrogens (primary N) is 1. The van der Waals surface area contributed by atoms with Crippen LogP contribution in [0.3, 0.4) is 0 Å². The largest absolute Gasteiger partial charge is 0.459 e. The highest BCUT2D eigenvalue weighted by molar-refractivity contribution is 6.02. The number of ether oxygens (including phenoxy) is 1. The number of aromatic nitrogens is 1. The summed E-state index contributed by atoms with van der Waals surface area (Å²) in [6.07, 6.45) is 4.21. The van der Waals surface area contributed by atoms with Gasteiger partial charge >= 0.3 is 0 Å². The Hall–Kier alpha value is -3.03. The van der Waals surface area contributed by atoms with Gasteiger partial charge in [0.1, 0.15) is 22.9 Å². The lowest BCUT2D eigenvalue weighted by atomic mass is 9.69. The minimum atomic E-state index is -0.901. The molecule has 2 heterocycles. The second kappa shape index (κ2) is 6.54. The first-order valence-corrected chi connectivity index (χ1v) is 9.06. The molecule has 0 bridgehead atoms. The highest BCUT2D eigenvalue weighted by Gasteiger charge is 2.50. The average molecular weight is 386 g/mol. The molecule has 1 aromatic heterocycles. The molecule has 0 saturated heterocycles. The molecule has 8 heteroatoms. The third kappa shape index (κ3) is 3.30. The monoisotopic (exact) mass is 386 g/mol. The number of nitrogens with zero attached hydrogens (tertiary/aromatic N) is 2. The first-order valence-electron chi connectivity index (χ1n) is 9.06. The number of pyridine rings is 1. The molecule has 1 saturated carbocycles. The summed E-state index contributed by atoms with van der Waals surface area (Å²) in [5.74, 6) is -1.49. The lowest BCUT2D eigenvalue weighted by Crippen LogP contribution is -2.52. The van der Waals surface area contributed by atoms with E-state index in [4.69, 9.17) is 10.5 Å². The van der Waals surface area contributed by atoms with Crippen molar-refractivity contribution in [2.24, 2.45) is 10.7 Å². The summed E-state index contributed by atoms with van der Waals surface area (Å²) in [6.45, 7) is 1.81. The molecule has 1 aliphatic carbocycles. The van der Waals surface area contributed by atoms with Crippen molar-refractivity contribution in [3.05, 3.63) is 59.4 Å². The number of nitrogens with one attached hydrogen (secondary N) is 1. The Bertz CT molecular complexity index is 957. The molecular formula is C20H20F2N4O2. The van der Waals surface area contributed by atoms with Gasteiger partial charge in [0.05, 0.1) is 11.7 Å². The molecule has 3 N–H and O–H groups in total. The summed E-state index contributed by atoms with van der Waals surface area (Å²) in [6, 6.07) is 6.76. The Morgan fingerprint density at radius 2 is 2.04 bits per heavy atom. The van der Waals surface area contributed by atoms with Gasteiger partial charge in [-0.1, -0.05) is 0 Å². The maximum atomic E-state index is 14.7. The van der Waals surface area contributed by atoms with Crippen LogP contribution < -0.4 is 11.1 Å². The van der Waals surface area contributed by atoms with E-state index >= 15 is 0 Å². The Kier molecular flexibility index (Phi) is 4.28. The maximum absolute atomic E-state index is 14.7. The van der Waals surface area contributed by atoms with Gasteiger partial charge in [-0.15, -0.1) is 0 Å². The van der Waals surface area contributed by atoms with Crippen LogP contribution >= 0.6 is 0 Å². The van der Waals surface area contributed by atoms with Crippen molar-refractivity contribution in [2.45, 2.75) is 43.7 Å². The minimum Gasteiger partial charge on any atom is -0.459 e. The molecule has 28 heavy (non-hydrogen) atoms. The lowest BCUT2D eigenvalue weighted by Gasteiger charge is -2.48. The first kappa shape index (κ1) is 18.3. The van der Waals surface area contributed by atoms with Gasteiger partial charge < -0.3 is 15.8 Å². The zero-order chi connectivity index (χ0) is 19.9. The number of anilines is 1. The number of carbonyl (C=O) groups excluding carboxylic acids is 1. The summed E-state index contributed by atoms with van der Waals surface area (Å²) in [4.78, 5) is 20.5. The standard InChI is InChI=1S/C20H20F2N4O2/c1-19(11-20(7-2-8-20)28-18(23)26-19)14-9-13(4-5-15(14)22)25-17(27)16-6-3-12(21)10-24-16/h3-6,9-10H,2,7-8,11H2,1H3,(H2,23,26)(H,25,27)/t19-/m0/s1. The van der Waals surface area contributed by atoms with E-state index < -0.39 is 28.7 Å². The van der Waals surface area contributed by atoms with Crippen LogP contribution in [0, 0.1) is 11.6 Å². The second-order valence-electron chi connectivity index (χ2n) is 7.55. The van der Waals surface area contributed by atoms with E-state index in [1.807, 2.05) is 6.92 Å². The number of amidine groups is 1. The molecule has 6 nitrogen and oxygen atoms in total. The van der Waals surface area contributed by atoms with E-state index in [2.05, 4.69) is 15.3 Å². The Balaban J connectivity index is 1.63. The summed E-state index contributed by atoms with van der Waals surface area (Å²) in [5.41, 5.74) is 5.36. The van der Waals surface area contributed by atoms with E-state index in [1.165, 1.54) is 18.2 Å². The zero-order valence-corrected chi connectivity index (χ0v) is 15.3. The van der Waals surface area contributed by atoms with Crippen LogP contribution in [-0.4, -0.2) is 22.5 Å². The number of aliphatic imine (C=N–C) groups is 1. The fourth-order valence-electron chi connectivity index (χ4n) is 3.92. The van der Waals surface area contributed by atoms with Gasteiger partial charge in [0, 0.05) is 17.7 Å². The average Bonchev–Trinajstić information content (AvgIpc) is 2.61. The molecule has 0 radical (unpaired) electrons. The Morgan fingerprint density at radius 1 is 1.25 bits per heavy atom. The molecule has 2 aliphatic rings. The number of amides is 1. The summed E-state index contributed by atoms with van der Waals surface area (Å²) >= 11 is 0. The highest BCUT2D eigenvalue weighted by atomic mass is 19.1. The normalized spacial score (nSPS) is 22.8.